The van der Waals surface area contributed by atoms with Crippen LogP contribution in [0.15, 0.2) is 46.9 Å². The number of carbonyl (C=O) groups excluding carboxylic acids is 1. The quantitative estimate of drug-likeness (QED) is 0.550. The number of aromatic hydroxyl groups is 1. The molecule has 2 aromatic carbocycles. The molecule has 0 spiro atoms. The van der Waals surface area contributed by atoms with Crippen molar-refractivity contribution in [3.8, 4) is 17.2 Å². The van der Waals surface area contributed by atoms with Crippen LogP contribution in [0.25, 0.3) is 11.5 Å². The largest absolute Gasteiger partial charge is 0.508 e. The summed E-state index contributed by atoms with van der Waals surface area (Å²) in [6, 6.07) is 11.6. The van der Waals surface area contributed by atoms with Gasteiger partial charge < -0.3 is 9.52 Å². The third-order valence-electron chi connectivity index (χ3n) is 4.27. The topological polar surface area (TPSA) is 63.3 Å². The van der Waals surface area contributed by atoms with E-state index in [2.05, 4.69) is 4.98 Å². The predicted molar refractivity (Wildman–Crippen MR) is 107 cm³/mol. The number of hydrogen-bond donors (Lipinski definition) is 1. The van der Waals surface area contributed by atoms with Crippen LogP contribution in [0.3, 0.4) is 0 Å². The van der Waals surface area contributed by atoms with E-state index in [1.165, 1.54) is 6.92 Å². The number of nitrogens with zero attached hydrogens (tertiary/aromatic N) is 1. The molecule has 1 heterocycles. The Bertz CT molecular complexity index is 978. The lowest BCUT2D eigenvalue weighted by molar-refractivity contribution is -0.117. The van der Waals surface area contributed by atoms with E-state index < -0.39 is 5.92 Å². The van der Waals surface area contributed by atoms with Gasteiger partial charge in [-0.2, -0.15) is 0 Å². The number of phenols is 1. The summed E-state index contributed by atoms with van der Waals surface area (Å²) in [6.07, 6.45) is 0. The number of benzene rings is 2. The summed E-state index contributed by atoms with van der Waals surface area (Å²) in [4.78, 5) is 17.1. The maximum Gasteiger partial charge on any atom is 0.228 e. The minimum Gasteiger partial charge on any atom is -0.508 e. The number of aromatic nitrogens is 1. The van der Waals surface area contributed by atoms with E-state index in [-0.39, 0.29) is 17.5 Å². The van der Waals surface area contributed by atoms with Crippen molar-refractivity contribution >= 4 is 29.0 Å². The van der Waals surface area contributed by atoms with Crippen molar-refractivity contribution in [2.75, 3.05) is 0 Å². The molecule has 0 fully saturated rings. The smallest absolute Gasteiger partial charge is 0.228 e. The first-order valence-corrected chi connectivity index (χ1v) is 9.29. The lowest BCUT2D eigenvalue weighted by atomic mass is 9.89. The second kappa shape index (κ2) is 7.75. The molecular formula is C21H19Cl2NO3. The highest BCUT2D eigenvalue weighted by atomic mass is 35.5. The molecule has 0 aliphatic rings. The minimum absolute atomic E-state index is 0.0197. The van der Waals surface area contributed by atoms with Gasteiger partial charge in [0.25, 0.3) is 0 Å². The molecule has 3 rings (SSSR count). The first-order chi connectivity index (χ1) is 12.8. The van der Waals surface area contributed by atoms with Crippen LogP contribution in [0, 0.1) is 0 Å². The zero-order chi connectivity index (χ0) is 19.7. The molecule has 4 nitrogen and oxygen atoms in total. The number of ketones is 1. The monoisotopic (exact) mass is 403 g/mol. The van der Waals surface area contributed by atoms with Gasteiger partial charge in [0, 0.05) is 10.9 Å². The summed E-state index contributed by atoms with van der Waals surface area (Å²) < 4.78 is 6.02. The standard InChI is InChI=1S/C21H19Cl2NO3/c1-11(2)20-19(18(12(3)25)13-4-7-15(26)8-5-13)24-21(27-20)16-9-6-14(22)10-17(16)23/h4-11,18,26H,1-3H3. The minimum atomic E-state index is -0.591. The van der Waals surface area contributed by atoms with Crippen LogP contribution in [0.2, 0.25) is 10.0 Å². The highest BCUT2D eigenvalue weighted by molar-refractivity contribution is 6.36. The summed E-state index contributed by atoms with van der Waals surface area (Å²) in [7, 11) is 0. The molecule has 0 amide bonds. The second-order valence-corrected chi connectivity index (χ2v) is 7.53. The van der Waals surface area contributed by atoms with Crippen LogP contribution < -0.4 is 0 Å². The Morgan fingerprint density at radius 2 is 1.78 bits per heavy atom. The Morgan fingerprint density at radius 1 is 1.11 bits per heavy atom. The lowest BCUT2D eigenvalue weighted by Gasteiger charge is -2.14. The predicted octanol–water partition coefficient (Wildman–Crippen LogP) is 6.20. The third kappa shape index (κ3) is 4.02. The summed E-state index contributed by atoms with van der Waals surface area (Å²) in [6.45, 7) is 5.47. The van der Waals surface area contributed by atoms with Crippen LogP contribution >= 0.6 is 23.2 Å². The van der Waals surface area contributed by atoms with Crippen molar-refractivity contribution in [1.29, 1.82) is 0 Å². The molecule has 0 saturated heterocycles. The summed E-state index contributed by atoms with van der Waals surface area (Å²) in [5, 5.41) is 10.5. The van der Waals surface area contributed by atoms with Crippen molar-refractivity contribution < 1.29 is 14.3 Å². The number of halogens is 2. The lowest BCUT2D eigenvalue weighted by Crippen LogP contribution is -2.13. The highest BCUT2D eigenvalue weighted by Gasteiger charge is 2.29. The van der Waals surface area contributed by atoms with Gasteiger partial charge in [0.2, 0.25) is 5.89 Å². The number of hydrogen-bond acceptors (Lipinski definition) is 4. The molecule has 27 heavy (non-hydrogen) atoms. The molecule has 0 bridgehead atoms. The number of Topliss-reactive ketones (excluding diaryl/α,β-unsaturated/α-hetero) is 1. The van der Waals surface area contributed by atoms with E-state index >= 15 is 0 Å². The van der Waals surface area contributed by atoms with E-state index in [0.29, 0.717) is 33.0 Å². The van der Waals surface area contributed by atoms with Crippen LogP contribution in [0.1, 0.15) is 49.6 Å². The van der Waals surface area contributed by atoms with Gasteiger partial charge in [-0.25, -0.2) is 4.98 Å². The molecule has 1 unspecified atom stereocenters. The Hall–Kier alpha value is -2.30. The van der Waals surface area contributed by atoms with Crippen molar-refractivity contribution in [2.45, 2.75) is 32.6 Å². The number of rotatable bonds is 5. The van der Waals surface area contributed by atoms with Crippen molar-refractivity contribution in [2.24, 2.45) is 0 Å². The average Bonchev–Trinajstić information content (AvgIpc) is 3.01. The van der Waals surface area contributed by atoms with Crippen molar-refractivity contribution in [1.82, 2.24) is 4.98 Å². The van der Waals surface area contributed by atoms with Gasteiger partial charge in [-0.3, -0.25) is 4.79 Å². The maximum atomic E-state index is 12.5. The molecule has 1 atom stereocenters. The average molecular weight is 404 g/mol. The Kier molecular flexibility index (Phi) is 5.59. The molecule has 0 aliphatic carbocycles. The van der Waals surface area contributed by atoms with Gasteiger partial charge >= 0.3 is 0 Å². The number of phenolic OH excluding ortho intramolecular Hbond substituents is 1. The van der Waals surface area contributed by atoms with E-state index in [1.54, 1.807) is 42.5 Å². The molecular weight excluding hydrogens is 385 g/mol. The van der Waals surface area contributed by atoms with Crippen molar-refractivity contribution in [3.63, 3.8) is 0 Å². The SMILES string of the molecule is CC(=O)C(c1ccc(O)cc1)c1nc(-c2ccc(Cl)cc2Cl)oc1C(C)C. The normalized spacial score (nSPS) is 12.4. The third-order valence-corrected chi connectivity index (χ3v) is 4.82. The zero-order valence-electron chi connectivity index (χ0n) is 15.2. The highest BCUT2D eigenvalue weighted by Crippen LogP contribution is 2.37. The molecule has 1 N–H and O–H groups in total. The fourth-order valence-electron chi connectivity index (χ4n) is 2.99. The Morgan fingerprint density at radius 3 is 2.33 bits per heavy atom. The van der Waals surface area contributed by atoms with Gasteiger partial charge in [0.15, 0.2) is 0 Å². The molecule has 3 aromatic rings. The van der Waals surface area contributed by atoms with Crippen molar-refractivity contribution in [3.05, 3.63) is 69.5 Å². The fourth-order valence-corrected chi connectivity index (χ4v) is 3.48. The summed E-state index contributed by atoms with van der Waals surface area (Å²) in [5.74, 6) is 0.478. The van der Waals surface area contributed by atoms with Gasteiger partial charge in [0.1, 0.15) is 17.3 Å². The molecule has 0 saturated carbocycles. The van der Waals surface area contributed by atoms with E-state index in [1.807, 2.05) is 13.8 Å². The van der Waals surface area contributed by atoms with Gasteiger partial charge in [-0.1, -0.05) is 49.2 Å². The maximum absolute atomic E-state index is 12.5. The molecule has 0 aliphatic heterocycles. The number of oxazole rings is 1. The van der Waals surface area contributed by atoms with Crippen LogP contribution in [0.4, 0.5) is 0 Å². The molecule has 6 heteroatoms. The Labute approximate surface area is 167 Å². The van der Waals surface area contributed by atoms with Gasteiger partial charge in [-0.05, 0) is 42.8 Å². The van der Waals surface area contributed by atoms with Crippen LogP contribution in [-0.4, -0.2) is 15.9 Å². The van der Waals surface area contributed by atoms with Crippen LogP contribution in [0.5, 0.6) is 5.75 Å². The number of carbonyl (C=O) groups is 1. The zero-order valence-corrected chi connectivity index (χ0v) is 16.7. The van der Waals surface area contributed by atoms with Gasteiger partial charge in [0.05, 0.1) is 22.2 Å². The van der Waals surface area contributed by atoms with E-state index in [4.69, 9.17) is 27.6 Å². The first kappa shape index (κ1) is 19.5. The molecule has 1 aromatic heterocycles. The fraction of sp³-hybridized carbons (Fsp3) is 0.238. The molecule has 0 radical (unpaired) electrons. The van der Waals surface area contributed by atoms with E-state index in [9.17, 15) is 9.90 Å². The second-order valence-electron chi connectivity index (χ2n) is 6.68. The first-order valence-electron chi connectivity index (χ1n) is 8.53. The van der Waals surface area contributed by atoms with E-state index in [0.717, 1.165) is 5.56 Å². The Balaban J connectivity index is 2.16. The van der Waals surface area contributed by atoms with Gasteiger partial charge in [-0.15, -0.1) is 0 Å². The van der Waals surface area contributed by atoms with Crippen LogP contribution in [-0.2, 0) is 4.79 Å². The molecule has 140 valence electrons. The summed E-state index contributed by atoms with van der Waals surface area (Å²) >= 11 is 12.3. The summed E-state index contributed by atoms with van der Waals surface area (Å²) in [5.41, 5.74) is 1.91.